The summed E-state index contributed by atoms with van der Waals surface area (Å²) in [5, 5.41) is 0.684. The zero-order valence-electron chi connectivity index (χ0n) is 11.2. The maximum absolute atomic E-state index is 11.8. The second kappa shape index (κ2) is 6.70. The molecule has 0 spiro atoms. The Bertz CT molecular complexity index is 674. The highest BCUT2D eigenvalue weighted by atomic mass is 35.5. The van der Waals surface area contributed by atoms with E-state index in [1.807, 2.05) is 0 Å². The van der Waals surface area contributed by atoms with Gasteiger partial charge in [0.2, 0.25) is 0 Å². The molecule has 0 aliphatic carbocycles. The molecule has 2 rings (SSSR count). The first-order valence-corrected chi connectivity index (χ1v) is 6.97. The van der Waals surface area contributed by atoms with E-state index in [9.17, 15) is 4.79 Å². The molecule has 0 unspecified atom stereocenters. The molecule has 0 bridgehead atoms. The summed E-state index contributed by atoms with van der Waals surface area (Å²) in [7, 11) is 0. The third-order valence-corrected chi connectivity index (χ3v) is 3.47. The average molecular weight is 326 g/mol. The highest BCUT2D eigenvalue weighted by Crippen LogP contribution is 2.35. The van der Waals surface area contributed by atoms with Crippen molar-refractivity contribution in [2.45, 2.75) is 6.92 Å². The van der Waals surface area contributed by atoms with Crippen LogP contribution in [0, 0.1) is 0 Å². The second-order valence-electron chi connectivity index (χ2n) is 4.12. The normalized spacial score (nSPS) is 10.2. The zero-order valence-corrected chi connectivity index (χ0v) is 12.7. The maximum atomic E-state index is 11.8. The van der Waals surface area contributed by atoms with Gasteiger partial charge < -0.3 is 15.2 Å². The first-order chi connectivity index (χ1) is 10.0. The number of carbonyl (C=O) groups is 1. The van der Waals surface area contributed by atoms with Crippen LogP contribution in [0.2, 0.25) is 10.0 Å². The molecule has 0 fully saturated rings. The van der Waals surface area contributed by atoms with E-state index < -0.39 is 5.97 Å². The molecule has 2 N–H and O–H groups in total. The summed E-state index contributed by atoms with van der Waals surface area (Å²) in [5.74, 6) is 0.304. The SMILES string of the molecule is CCOC(=O)c1cc(Oc2cccc(Cl)c2Cl)ccc1N. The van der Waals surface area contributed by atoms with Crippen molar-refractivity contribution in [3.63, 3.8) is 0 Å². The lowest BCUT2D eigenvalue weighted by molar-refractivity contribution is 0.0527. The third-order valence-electron chi connectivity index (χ3n) is 2.66. The second-order valence-corrected chi connectivity index (χ2v) is 4.91. The van der Waals surface area contributed by atoms with Crippen LogP contribution in [0.4, 0.5) is 5.69 Å². The summed E-state index contributed by atoms with van der Waals surface area (Å²) < 4.78 is 10.6. The maximum Gasteiger partial charge on any atom is 0.340 e. The van der Waals surface area contributed by atoms with Crippen LogP contribution in [-0.4, -0.2) is 12.6 Å². The van der Waals surface area contributed by atoms with Crippen molar-refractivity contribution in [1.82, 2.24) is 0 Å². The van der Waals surface area contributed by atoms with Crippen LogP contribution < -0.4 is 10.5 Å². The van der Waals surface area contributed by atoms with Gasteiger partial charge in [0.1, 0.15) is 16.5 Å². The predicted molar refractivity (Wildman–Crippen MR) is 83.3 cm³/mol. The number of benzene rings is 2. The van der Waals surface area contributed by atoms with E-state index in [-0.39, 0.29) is 12.2 Å². The first-order valence-electron chi connectivity index (χ1n) is 6.21. The third kappa shape index (κ3) is 3.60. The van der Waals surface area contributed by atoms with Crippen molar-refractivity contribution >= 4 is 34.9 Å². The van der Waals surface area contributed by atoms with E-state index in [0.29, 0.717) is 27.2 Å². The minimum atomic E-state index is -0.502. The molecule has 0 atom stereocenters. The number of carbonyl (C=O) groups excluding carboxylic acids is 1. The molecule has 0 radical (unpaired) electrons. The molecule has 6 heteroatoms. The van der Waals surface area contributed by atoms with Gasteiger partial charge in [0.15, 0.2) is 0 Å². The summed E-state index contributed by atoms with van der Waals surface area (Å²) in [5.41, 5.74) is 6.33. The molecule has 110 valence electrons. The quantitative estimate of drug-likeness (QED) is 0.662. The fraction of sp³-hybridized carbons (Fsp3) is 0.133. The number of rotatable bonds is 4. The van der Waals surface area contributed by atoms with E-state index in [2.05, 4.69) is 0 Å². The van der Waals surface area contributed by atoms with Crippen LogP contribution in [0.25, 0.3) is 0 Å². The summed E-state index contributed by atoms with van der Waals surface area (Å²) >= 11 is 12.0. The van der Waals surface area contributed by atoms with Gasteiger partial charge in [-0.25, -0.2) is 4.79 Å². The summed E-state index contributed by atoms with van der Waals surface area (Å²) in [6, 6.07) is 9.76. The molecular weight excluding hydrogens is 313 g/mol. The molecule has 0 aliphatic heterocycles. The molecule has 0 saturated carbocycles. The van der Waals surface area contributed by atoms with Gasteiger partial charge in [0.25, 0.3) is 0 Å². The number of ether oxygens (including phenoxy) is 2. The van der Waals surface area contributed by atoms with Gasteiger partial charge in [-0.15, -0.1) is 0 Å². The summed E-state index contributed by atoms with van der Waals surface area (Å²) in [4.78, 5) is 11.8. The molecule has 0 aromatic heterocycles. The van der Waals surface area contributed by atoms with Crippen molar-refractivity contribution in [2.24, 2.45) is 0 Å². The Morgan fingerprint density at radius 1 is 1.24 bits per heavy atom. The Balaban J connectivity index is 2.31. The zero-order chi connectivity index (χ0) is 15.4. The number of esters is 1. The molecular formula is C15H13Cl2NO3. The van der Waals surface area contributed by atoms with E-state index >= 15 is 0 Å². The van der Waals surface area contributed by atoms with E-state index in [4.69, 9.17) is 38.4 Å². The van der Waals surface area contributed by atoms with Gasteiger partial charge >= 0.3 is 5.97 Å². The Hall–Kier alpha value is -1.91. The van der Waals surface area contributed by atoms with Crippen molar-refractivity contribution in [2.75, 3.05) is 12.3 Å². The van der Waals surface area contributed by atoms with Gasteiger partial charge in [-0.2, -0.15) is 0 Å². The lowest BCUT2D eigenvalue weighted by atomic mass is 10.1. The van der Waals surface area contributed by atoms with Gasteiger partial charge in [-0.05, 0) is 37.3 Å². The van der Waals surface area contributed by atoms with Gasteiger partial charge in [-0.3, -0.25) is 0 Å². The Labute approximate surface area is 132 Å². The minimum Gasteiger partial charge on any atom is -0.462 e. The highest BCUT2D eigenvalue weighted by molar-refractivity contribution is 6.42. The van der Waals surface area contributed by atoms with E-state index in [1.165, 1.54) is 6.07 Å². The molecule has 0 heterocycles. The monoisotopic (exact) mass is 325 g/mol. The minimum absolute atomic E-state index is 0.243. The van der Waals surface area contributed by atoms with E-state index in [0.717, 1.165) is 0 Å². The molecule has 2 aromatic rings. The van der Waals surface area contributed by atoms with Crippen LogP contribution in [0.15, 0.2) is 36.4 Å². The van der Waals surface area contributed by atoms with Crippen molar-refractivity contribution in [3.05, 3.63) is 52.0 Å². The Morgan fingerprint density at radius 2 is 2.00 bits per heavy atom. The smallest absolute Gasteiger partial charge is 0.340 e. The van der Waals surface area contributed by atoms with Crippen LogP contribution in [0.1, 0.15) is 17.3 Å². The number of halogens is 2. The first kappa shape index (κ1) is 15.5. The highest BCUT2D eigenvalue weighted by Gasteiger charge is 2.13. The Morgan fingerprint density at radius 3 is 2.71 bits per heavy atom. The molecule has 0 amide bonds. The summed E-state index contributed by atoms with van der Waals surface area (Å²) in [6.07, 6.45) is 0. The molecule has 0 aliphatic rings. The van der Waals surface area contributed by atoms with Crippen molar-refractivity contribution < 1.29 is 14.3 Å². The lowest BCUT2D eigenvalue weighted by Gasteiger charge is -2.11. The molecule has 21 heavy (non-hydrogen) atoms. The number of nitrogens with two attached hydrogens (primary N) is 1. The van der Waals surface area contributed by atoms with Crippen molar-refractivity contribution in [3.8, 4) is 11.5 Å². The van der Waals surface area contributed by atoms with Crippen LogP contribution in [-0.2, 0) is 4.74 Å². The van der Waals surface area contributed by atoms with Crippen LogP contribution in [0.3, 0.4) is 0 Å². The number of hydrogen-bond donors (Lipinski definition) is 1. The Kier molecular flexibility index (Phi) is 4.94. The van der Waals surface area contributed by atoms with Crippen LogP contribution >= 0.6 is 23.2 Å². The van der Waals surface area contributed by atoms with Crippen molar-refractivity contribution in [1.29, 1.82) is 0 Å². The van der Waals surface area contributed by atoms with Crippen LogP contribution in [0.5, 0.6) is 11.5 Å². The predicted octanol–water partition coefficient (Wildman–Crippen LogP) is 4.54. The average Bonchev–Trinajstić information content (AvgIpc) is 2.46. The largest absolute Gasteiger partial charge is 0.462 e. The fourth-order valence-electron chi connectivity index (χ4n) is 1.67. The topological polar surface area (TPSA) is 61.5 Å². The molecule has 4 nitrogen and oxygen atoms in total. The fourth-order valence-corrected chi connectivity index (χ4v) is 2.00. The van der Waals surface area contributed by atoms with E-state index in [1.54, 1.807) is 37.3 Å². The summed E-state index contributed by atoms with van der Waals surface area (Å²) in [6.45, 7) is 1.99. The molecule has 2 aromatic carbocycles. The van der Waals surface area contributed by atoms with Gasteiger partial charge in [0, 0.05) is 5.69 Å². The lowest BCUT2D eigenvalue weighted by Crippen LogP contribution is -2.08. The molecule has 0 saturated heterocycles. The number of anilines is 1. The van der Waals surface area contributed by atoms with Gasteiger partial charge in [0.05, 0.1) is 17.2 Å². The number of hydrogen-bond acceptors (Lipinski definition) is 4. The number of nitrogen functional groups attached to an aromatic ring is 1. The standard InChI is InChI=1S/C15H13Cl2NO3/c1-2-20-15(19)10-8-9(6-7-12(10)18)21-13-5-3-4-11(16)14(13)17/h3-8H,2,18H2,1H3. The van der Waals surface area contributed by atoms with Gasteiger partial charge in [-0.1, -0.05) is 29.3 Å².